The molecule has 9 nitrogen and oxygen atoms in total. The van der Waals surface area contributed by atoms with E-state index in [1.807, 2.05) is 0 Å². The highest BCUT2D eigenvalue weighted by molar-refractivity contribution is 7.99. The van der Waals surface area contributed by atoms with E-state index in [0.717, 1.165) is 0 Å². The third-order valence-electron chi connectivity index (χ3n) is 3.38. The first kappa shape index (κ1) is 18.6. The van der Waals surface area contributed by atoms with Crippen LogP contribution in [0.5, 0.6) is 0 Å². The summed E-state index contributed by atoms with van der Waals surface area (Å²) in [5, 5.41) is 17.0. The smallest absolute Gasteiger partial charge is 0.407 e. The van der Waals surface area contributed by atoms with E-state index in [9.17, 15) is 19.7 Å². The van der Waals surface area contributed by atoms with Crippen LogP contribution in [-0.2, 0) is 9.53 Å². The normalized spacial score (nSPS) is 13.8. The number of nitrogens with zero attached hydrogens (tertiary/aromatic N) is 1. The van der Waals surface area contributed by atoms with Crippen molar-refractivity contribution in [3.05, 3.63) is 40.5 Å². The summed E-state index contributed by atoms with van der Waals surface area (Å²) >= 11 is 1.38. The minimum atomic E-state index is -0.840. The van der Waals surface area contributed by atoms with Gasteiger partial charge in [0.2, 0.25) is 5.91 Å². The highest BCUT2D eigenvalue weighted by atomic mass is 32.2. The number of primary amides is 1. The first-order valence-corrected chi connectivity index (χ1v) is 8.42. The molecule has 1 atom stereocenters. The van der Waals surface area contributed by atoms with Crippen LogP contribution in [0.3, 0.4) is 0 Å². The Kier molecular flexibility index (Phi) is 6.23. The molecule has 1 aromatic rings. The standard InChI is InChI=1S/C15H18N4O5S/c1-2-4-24-15(21)18-10(8-13(16)20)9-6-11-14(25-5-3-17-11)12(7-9)19(22)23/h2,6-7,10,17H,1,3-5,8H2,(H2,16,20)(H,18,21). The molecule has 4 N–H and O–H groups in total. The second-order valence-corrected chi connectivity index (χ2v) is 6.31. The number of carbonyl (C=O) groups is 2. The van der Waals surface area contributed by atoms with Gasteiger partial charge in [0.05, 0.1) is 23.1 Å². The lowest BCUT2D eigenvalue weighted by Crippen LogP contribution is -2.32. The molecule has 0 fully saturated rings. The molecule has 1 heterocycles. The van der Waals surface area contributed by atoms with Crippen LogP contribution in [0.25, 0.3) is 0 Å². The van der Waals surface area contributed by atoms with Crippen LogP contribution < -0.4 is 16.4 Å². The summed E-state index contributed by atoms with van der Waals surface area (Å²) < 4.78 is 4.84. The molecule has 1 aliphatic heterocycles. The van der Waals surface area contributed by atoms with E-state index in [2.05, 4.69) is 17.2 Å². The van der Waals surface area contributed by atoms with Crippen molar-refractivity contribution in [3.63, 3.8) is 0 Å². The van der Waals surface area contributed by atoms with Gasteiger partial charge in [-0.15, -0.1) is 11.8 Å². The topological polar surface area (TPSA) is 137 Å². The van der Waals surface area contributed by atoms with Crippen LogP contribution in [0.1, 0.15) is 18.0 Å². The lowest BCUT2D eigenvalue weighted by molar-refractivity contribution is -0.387. The van der Waals surface area contributed by atoms with Gasteiger partial charge in [-0.3, -0.25) is 14.9 Å². The van der Waals surface area contributed by atoms with Gasteiger partial charge in [-0.1, -0.05) is 12.7 Å². The molecule has 0 saturated carbocycles. The molecule has 2 amide bonds. The summed E-state index contributed by atoms with van der Waals surface area (Å²) in [6.07, 6.45) is 0.411. The molecular formula is C15H18N4O5S. The van der Waals surface area contributed by atoms with Crippen LogP contribution >= 0.6 is 11.8 Å². The number of alkyl carbamates (subject to hydrolysis) is 1. The number of nitro benzene ring substituents is 1. The van der Waals surface area contributed by atoms with Crippen molar-refractivity contribution in [2.24, 2.45) is 5.73 Å². The molecule has 0 aromatic heterocycles. The number of anilines is 1. The number of benzene rings is 1. The Morgan fingerprint density at radius 1 is 1.56 bits per heavy atom. The number of carbonyl (C=O) groups excluding carboxylic acids is 2. The van der Waals surface area contributed by atoms with Crippen LogP contribution in [0.15, 0.2) is 29.7 Å². The second kappa shape index (κ2) is 8.38. The van der Waals surface area contributed by atoms with Crippen LogP contribution in [0.4, 0.5) is 16.2 Å². The van der Waals surface area contributed by atoms with Crippen molar-refractivity contribution in [2.75, 3.05) is 24.2 Å². The number of amides is 2. The van der Waals surface area contributed by atoms with Crippen molar-refractivity contribution in [3.8, 4) is 0 Å². The number of nitro groups is 1. The molecule has 1 aromatic carbocycles. The number of nitrogens with one attached hydrogen (secondary N) is 2. The molecule has 0 aliphatic carbocycles. The molecule has 0 saturated heterocycles. The zero-order chi connectivity index (χ0) is 18.4. The average Bonchev–Trinajstić information content (AvgIpc) is 2.57. The summed E-state index contributed by atoms with van der Waals surface area (Å²) in [5.41, 5.74) is 6.15. The molecule has 1 aliphatic rings. The SMILES string of the molecule is C=CCOC(=O)NC(CC(N)=O)c1cc2c(c([N+](=O)[O-])c1)SCCN2. The van der Waals surface area contributed by atoms with Crippen LogP contribution in [0.2, 0.25) is 0 Å². The first-order chi connectivity index (χ1) is 11.9. The number of thioether (sulfide) groups is 1. The van der Waals surface area contributed by atoms with Crippen LogP contribution in [0, 0.1) is 10.1 Å². The molecule has 2 rings (SSSR count). The lowest BCUT2D eigenvalue weighted by Gasteiger charge is -2.22. The highest BCUT2D eigenvalue weighted by Crippen LogP contribution is 2.41. The van der Waals surface area contributed by atoms with E-state index in [0.29, 0.717) is 28.4 Å². The lowest BCUT2D eigenvalue weighted by atomic mass is 10.0. The number of ether oxygens (including phenoxy) is 1. The van der Waals surface area contributed by atoms with Gasteiger partial charge in [0, 0.05) is 18.4 Å². The van der Waals surface area contributed by atoms with Crippen molar-refractivity contribution in [1.29, 1.82) is 0 Å². The maximum absolute atomic E-state index is 11.8. The Balaban J connectivity index is 2.36. The van der Waals surface area contributed by atoms with E-state index in [-0.39, 0.29) is 18.7 Å². The van der Waals surface area contributed by atoms with E-state index in [1.54, 1.807) is 6.07 Å². The molecule has 0 spiro atoms. The molecule has 25 heavy (non-hydrogen) atoms. The summed E-state index contributed by atoms with van der Waals surface area (Å²) in [4.78, 5) is 34.6. The van der Waals surface area contributed by atoms with Gasteiger partial charge in [0.1, 0.15) is 11.5 Å². The number of hydrogen-bond acceptors (Lipinski definition) is 7. The predicted molar refractivity (Wildman–Crippen MR) is 93.5 cm³/mol. The van der Waals surface area contributed by atoms with Crippen molar-refractivity contribution >= 4 is 35.1 Å². The Morgan fingerprint density at radius 2 is 2.32 bits per heavy atom. The molecule has 134 valence electrons. The Morgan fingerprint density at radius 3 is 2.96 bits per heavy atom. The summed E-state index contributed by atoms with van der Waals surface area (Å²) in [5.74, 6) is 0.0565. The Hall–Kier alpha value is -2.75. The number of fused-ring (bicyclic) bond motifs is 1. The van der Waals surface area contributed by atoms with Crippen LogP contribution in [-0.4, -0.2) is 35.8 Å². The molecule has 1 unspecified atom stereocenters. The van der Waals surface area contributed by atoms with Gasteiger partial charge >= 0.3 is 6.09 Å². The Labute approximate surface area is 148 Å². The minimum Gasteiger partial charge on any atom is -0.445 e. The highest BCUT2D eigenvalue weighted by Gasteiger charge is 2.27. The molecular weight excluding hydrogens is 348 g/mol. The third-order valence-corrected chi connectivity index (χ3v) is 4.51. The van der Waals surface area contributed by atoms with Gasteiger partial charge in [0.25, 0.3) is 5.69 Å². The number of hydrogen-bond donors (Lipinski definition) is 3. The Bertz CT molecular complexity index is 709. The fourth-order valence-electron chi connectivity index (χ4n) is 2.37. The third kappa shape index (κ3) is 4.86. The summed E-state index contributed by atoms with van der Waals surface area (Å²) in [6, 6.07) is 2.18. The largest absolute Gasteiger partial charge is 0.445 e. The maximum atomic E-state index is 11.8. The van der Waals surface area contributed by atoms with Crippen molar-refractivity contribution in [1.82, 2.24) is 5.32 Å². The maximum Gasteiger partial charge on any atom is 0.407 e. The predicted octanol–water partition coefficient (Wildman–Crippen LogP) is 1.94. The average molecular weight is 366 g/mol. The van der Waals surface area contributed by atoms with Crippen molar-refractivity contribution < 1.29 is 19.2 Å². The fraction of sp³-hybridized carbons (Fsp3) is 0.333. The quantitative estimate of drug-likeness (QED) is 0.381. The second-order valence-electron chi connectivity index (χ2n) is 5.20. The molecule has 0 bridgehead atoms. The molecule has 0 radical (unpaired) electrons. The first-order valence-electron chi connectivity index (χ1n) is 7.44. The van der Waals surface area contributed by atoms with E-state index < -0.39 is 23.0 Å². The van der Waals surface area contributed by atoms with E-state index in [1.165, 1.54) is 23.9 Å². The summed E-state index contributed by atoms with van der Waals surface area (Å²) in [6.45, 7) is 4.09. The van der Waals surface area contributed by atoms with Gasteiger partial charge in [0.15, 0.2) is 0 Å². The van der Waals surface area contributed by atoms with Gasteiger partial charge in [-0.25, -0.2) is 4.79 Å². The number of rotatable bonds is 7. The number of nitrogens with two attached hydrogens (primary N) is 1. The van der Waals surface area contributed by atoms with Gasteiger partial charge in [-0.05, 0) is 11.6 Å². The zero-order valence-electron chi connectivity index (χ0n) is 13.3. The monoisotopic (exact) mass is 366 g/mol. The van der Waals surface area contributed by atoms with E-state index >= 15 is 0 Å². The zero-order valence-corrected chi connectivity index (χ0v) is 14.1. The minimum absolute atomic E-state index is 0.00233. The van der Waals surface area contributed by atoms with Gasteiger partial charge in [-0.2, -0.15) is 0 Å². The fourth-order valence-corrected chi connectivity index (χ4v) is 3.34. The van der Waals surface area contributed by atoms with Gasteiger partial charge < -0.3 is 21.1 Å². The van der Waals surface area contributed by atoms with E-state index in [4.69, 9.17) is 10.5 Å². The molecule has 10 heteroatoms. The summed E-state index contributed by atoms with van der Waals surface area (Å²) in [7, 11) is 0. The van der Waals surface area contributed by atoms with Crippen molar-refractivity contribution in [2.45, 2.75) is 17.4 Å².